The lowest BCUT2D eigenvalue weighted by molar-refractivity contribution is 0.266. The summed E-state index contributed by atoms with van der Waals surface area (Å²) in [7, 11) is 2.07. The molecule has 16 heavy (non-hydrogen) atoms. The SMILES string of the molecule is Cc1cc(CN(C)Cc2ccccc2)on1. The van der Waals surface area contributed by atoms with Gasteiger partial charge in [0.1, 0.15) is 0 Å². The number of benzene rings is 1. The van der Waals surface area contributed by atoms with Crippen LogP contribution < -0.4 is 0 Å². The van der Waals surface area contributed by atoms with Gasteiger partial charge in [-0.2, -0.15) is 0 Å². The summed E-state index contributed by atoms with van der Waals surface area (Å²) in [5, 5.41) is 3.88. The minimum atomic E-state index is 0.787. The van der Waals surface area contributed by atoms with Crippen molar-refractivity contribution in [1.82, 2.24) is 10.1 Å². The first-order valence-corrected chi connectivity index (χ1v) is 5.39. The molecule has 1 aromatic heterocycles. The Kier molecular flexibility index (Phi) is 3.37. The van der Waals surface area contributed by atoms with Gasteiger partial charge in [-0.25, -0.2) is 0 Å². The third kappa shape index (κ3) is 2.94. The Morgan fingerprint density at radius 1 is 1.19 bits per heavy atom. The van der Waals surface area contributed by atoms with Crippen molar-refractivity contribution in [3.63, 3.8) is 0 Å². The molecule has 0 aliphatic carbocycles. The monoisotopic (exact) mass is 216 g/mol. The Morgan fingerprint density at radius 2 is 1.94 bits per heavy atom. The minimum absolute atomic E-state index is 0.787. The summed E-state index contributed by atoms with van der Waals surface area (Å²) < 4.78 is 5.18. The van der Waals surface area contributed by atoms with Crippen LogP contribution in [-0.2, 0) is 13.1 Å². The molecule has 1 aromatic carbocycles. The highest BCUT2D eigenvalue weighted by Gasteiger charge is 2.05. The second-order valence-corrected chi connectivity index (χ2v) is 4.09. The Balaban J connectivity index is 1.92. The topological polar surface area (TPSA) is 29.3 Å². The van der Waals surface area contributed by atoms with Crippen molar-refractivity contribution in [1.29, 1.82) is 0 Å². The number of hydrogen-bond acceptors (Lipinski definition) is 3. The van der Waals surface area contributed by atoms with Crippen LogP contribution in [-0.4, -0.2) is 17.1 Å². The molecule has 3 heteroatoms. The zero-order valence-electron chi connectivity index (χ0n) is 9.68. The lowest BCUT2D eigenvalue weighted by Crippen LogP contribution is -2.16. The van der Waals surface area contributed by atoms with E-state index in [0.29, 0.717) is 0 Å². The Labute approximate surface area is 95.7 Å². The van der Waals surface area contributed by atoms with Crippen LogP contribution in [0.25, 0.3) is 0 Å². The van der Waals surface area contributed by atoms with E-state index in [-0.39, 0.29) is 0 Å². The predicted octanol–water partition coefficient (Wildman–Crippen LogP) is 2.62. The van der Waals surface area contributed by atoms with Crippen molar-refractivity contribution in [2.75, 3.05) is 7.05 Å². The molecular formula is C13H16N2O. The van der Waals surface area contributed by atoms with E-state index in [1.165, 1.54) is 5.56 Å². The maximum Gasteiger partial charge on any atom is 0.150 e. The Morgan fingerprint density at radius 3 is 2.56 bits per heavy atom. The van der Waals surface area contributed by atoms with Gasteiger partial charge in [-0.15, -0.1) is 0 Å². The second-order valence-electron chi connectivity index (χ2n) is 4.09. The zero-order chi connectivity index (χ0) is 11.4. The number of nitrogens with zero attached hydrogens (tertiary/aromatic N) is 2. The number of aryl methyl sites for hydroxylation is 1. The van der Waals surface area contributed by atoms with Crippen molar-refractivity contribution in [3.8, 4) is 0 Å². The summed E-state index contributed by atoms with van der Waals surface area (Å²) >= 11 is 0. The van der Waals surface area contributed by atoms with Crippen LogP contribution in [0.4, 0.5) is 0 Å². The van der Waals surface area contributed by atoms with Gasteiger partial charge in [0.15, 0.2) is 5.76 Å². The molecule has 2 aromatic rings. The molecule has 0 unspecified atom stereocenters. The first kappa shape index (κ1) is 10.9. The molecule has 0 radical (unpaired) electrons. The molecule has 1 heterocycles. The van der Waals surface area contributed by atoms with Gasteiger partial charge < -0.3 is 4.52 Å². The van der Waals surface area contributed by atoms with E-state index in [1.54, 1.807) is 0 Å². The van der Waals surface area contributed by atoms with E-state index in [9.17, 15) is 0 Å². The first-order chi connectivity index (χ1) is 7.74. The number of aromatic nitrogens is 1. The minimum Gasteiger partial charge on any atom is -0.360 e. The molecule has 0 amide bonds. The van der Waals surface area contributed by atoms with Crippen molar-refractivity contribution in [3.05, 3.63) is 53.4 Å². The summed E-state index contributed by atoms with van der Waals surface area (Å²) in [6, 6.07) is 12.4. The van der Waals surface area contributed by atoms with Crippen LogP contribution in [0.3, 0.4) is 0 Å². The molecule has 84 valence electrons. The Bertz CT molecular complexity index is 436. The van der Waals surface area contributed by atoms with Crippen LogP contribution >= 0.6 is 0 Å². The molecule has 0 fully saturated rings. The fourth-order valence-corrected chi connectivity index (χ4v) is 1.71. The molecular weight excluding hydrogens is 200 g/mol. The van der Waals surface area contributed by atoms with E-state index >= 15 is 0 Å². The standard InChI is InChI=1S/C13H16N2O/c1-11-8-13(16-14-11)10-15(2)9-12-6-4-3-5-7-12/h3-8H,9-10H2,1-2H3. The molecule has 0 saturated carbocycles. The average Bonchev–Trinajstić information content (AvgIpc) is 2.65. The Hall–Kier alpha value is -1.61. The van der Waals surface area contributed by atoms with Crippen LogP contribution in [0.1, 0.15) is 17.0 Å². The van der Waals surface area contributed by atoms with Gasteiger partial charge in [0.2, 0.25) is 0 Å². The van der Waals surface area contributed by atoms with Gasteiger partial charge >= 0.3 is 0 Å². The normalized spacial score (nSPS) is 10.9. The van der Waals surface area contributed by atoms with Gasteiger partial charge in [0, 0.05) is 12.6 Å². The quantitative estimate of drug-likeness (QED) is 0.786. The fourth-order valence-electron chi connectivity index (χ4n) is 1.71. The van der Waals surface area contributed by atoms with Crippen molar-refractivity contribution in [2.45, 2.75) is 20.0 Å². The van der Waals surface area contributed by atoms with E-state index in [4.69, 9.17) is 4.52 Å². The molecule has 3 nitrogen and oxygen atoms in total. The zero-order valence-corrected chi connectivity index (χ0v) is 9.68. The molecule has 0 spiro atoms. The van der Waals surface area contributed by atoms with E-state index < -0.39 is 0 Å². The van der Waals surface area contributed by atoms with Crippen molar-refractivity contribution in [2.24, 2.45) is 0 Å². The number of hydrogen-bond donors (Lipinski definition) is 0. The molecule has 0 aliphatic rings. The maximum absolute atomic E-state index is 5.18. The third-order valence-corrected chi connectivity index (χ3v) is 2.40. The van der Waals surface area contributed by atoms with Gasteiger partial charge in [0.05, 0.1) is 12.2 Å². The highest BCUT2D eigenvalue weighted by atomic mass is 16.5. The highest BCUT2D eigenvalue weighted by Crippen LogP contribution is 2.08. The molecule has 0 atom stereocenters. The summed E-state index contributed by atoms with van der Waals surface area (Å²) in [5.74, 6) is 0.913. The summed E-state index contributed by atoms with van der Waals surface area (Å²) in [4.78, 5) is 2.20. The molecule has 0 bridgehead atoms. The maximum atomic E-state index is 5.18. The highest BCUT2D eigenvalue weighted by molar-refractivity contribution is 5.14. The largest absolute Gasteiger partial charge is 0.360 e. The lowest BCUT2D eigenvalue weighted by Gasteiger charge is -2.14. The lowest BCUT2D eigenvalue weighted by atomic mass is 10.2. The van der Waals surface area contributed by atoms with Crippen LogP contribution in [0.5, 0.6) is 0 Å². The van der Waals surface area contributed by atoms with Gasteiger partial charge in [-0.3, -0.25) is 4.90 Å². The van der Waals surface area contributed by atoms with E-state index in [1.807, 2.05) is 19.1 Å². The van der Waals surface area contributed by atoms with Crippen molar-refractivity contribution >= 4 is 0 Å². The fraction of sp³-hybridized carbons (Fsp3) is 0.308. The molecule has 0 saturated heterocycles. The number of rotatable bonds is 4. The first-order valence-electron chi connectivity index (χ1n) is 5.39. The third-order valence-electron chi connectivity index (χ3n) is 2.40. The van der Waals surface area contributed by atoms with Crippen molar-refractivity contribution < 1.29 is 4.52 Å². The van der Waals surface area contributed by atoms with Crippen LogP contribution in [0.2, 0.25) is 0 Å². The molecule has 0 N–H and O–H groups in total. The van der Waals surface area contributed by atoms with E-state index in [2.05, 4.69) is 41.4 Å². The smallest absolute Gasteiger partial charge is 0.150 e. The van der Waals surface area contributed by atoms with E-state index in [0.717, 1.165) is 24.5 Å². The summed E-state index contributed by atoms with van der Waals surface area (Å²) in [6.45, 7) is 3.64. The predicted molar refractivity (Wildman–Crippen MR) is 62.9 cm³/mol. The van der Waals surface area contributed by atoms with Gasteiger partial charge in [-0.05, 0) is 19.5 Å². The van der Waals surface area contributed by atoms with Gasteiger partial charge in [0.25, 0.3) is 0 Å². The molecule has 0 aliphatic heterocycles. The summed E-state index contributed by atoms with van der Waals surface area (Å²) in [6.07, 6.45) is 0. The van der Waals surface area contributed by atoms with Crippen LogP contribution in [0.15, 0.2) is 40.9 Å². The average molecular weight is 216 g/mol. The molecule has 2 rings (SSSR count). The summed E-state index contributed by atoms with van der Waals surface area (Å²) in [5.41, 5.74) is 2.24. The second kappa shape index (κ2) is 4.94. The van der Waals surface area contributed by atoms with Gasteiger partial charge in [-0.1, -0.05) is 35.5 Å². The van der Waals surface area contributed by atoms with Crippen LogP contribution in [0, 0.1) is 6.92 Å².